The molecule has 4 heterocycles. The molecule has 4 aromatic rings. The van der Waals surface area contributed by atoms with Crippen LogP contribution >= 0.6 is 18.7 Å². The monoisotopic (exact) mass is 862 g/mol. The van der Waals surface area contributed by atoms with Gasteiger partial charge in [-0.3, -0.25) is 14.2 Å². The summed E-state index contributed by atoms with van der Waals surface area (Å²) in [7, 11) is -2.56. The van der Waals surface area contributed by atoms with Gasteiger partial charge in [0, 0.05) is 41.3 Å². The SMILES string of the molecule is C=C[C@@H]1C[C@]1(NC(=O)[C@@H]1C[C@@H](Oc2cc(-c3csc(NC(C)C)n3)nc3cc(OC)ccc23)CN1C(=O)C(NC(=O)OC1CCCC1)C(C)(C)C)P(=O)(O)Cc1ccco1. The van der Waals surface area contributed by atoms with E-state index >= 15 is 0 Å². The minimum Gasteiger partial charge on any atom is -0.497 e. The van der Waals surface area contributed by atoms with Crippen LogP contribution in [0.5, 0.6) is 11.5 Å². The first kappa shape index (κ1) is 43.2. The van der Waals surface area contributed by atoms with E-state index in [0.717, 1.165) is 30.8 Å². The molecule has 6 atom stereocenters. The standard InChI is InChI=1S/C43H55N6O9PS/c1-8-26-21-43(26,59(53,54)23-29-14-11-17-56-29)48-38(50)35-19-30(22-49(35)39(51)37(42(4,5)6)47-41(52)58-27-12-9-10-13-27)57-36-20-33(34-24-60-40(46-34)44-25(2)3)45-32-18-28(55-7)15-16-31(32)36/h8,11,14-18,20,24-27,30,35,37H,1,9-10,12-13,19,21-23H2,2-7H3,(H,44,46)(H,47,52)(H,48,50)(H,53,54)/t26-,30-,35+,37?,43+/m1/s1. The van der Waals surface area contributed by atoms with E-state index in [9.17, 15) is 23.8 Å². The zero-order valence-electron chi connectivity index (χ0n) is 34.9. The zero-order valence-corrected chi connectivity index (χ0v) is 36.6. The predicted octanol–water partition coefficient (Wildman–Crippen LogP) is 7.70. The lowest BCUT2D eigenvalue weighted by Crippen LogP contribution is -2.58. The molecule has 7 rings (SSSR count). The summed E-state index contributed by atoms with van der Waals surface area (Å²) in [4.78, 5) is 65.4. The fourth-order valence-corrected chi connectivity index (χ4v) is 11.3. The number of methoxy groups -OCH3 is 1. The van der Waals surface area contributed by atoms with Crippen molar-refractivity contribution in [2.45, 2.75) is 115 Å². The van der Waals surface area contributed by atoms with E-state index in [4.69, 9.17) is 28.6 Å². The van der Waals surface area contributed by atoms with Crippen molar-refractivity contribution < 1.29 is 42.5 Å². The molecule has 4 N–H and O–H groups in total. The van der Waals surface area contributed by atoms with Crippen LogP contribution in [-0.2, 0) is 25.1 Å². The molecule has 1 aliphatic heterocycles. The topological polar surface area (TPSA) is 194 Å². The number of ether oxygens (including phenoxy) is 3. The number of hydrogen-bond donors (Lipinski definition) is 4. The predicted molar refractivity (Wildman–Crippen MR) is 229 cm³/mol. The summed E-state index contributed by atoms with van der Waals surface area (Å²) in [5, 5.41) is 10.9. The summed E-state index contributed by atoms with van der Waals surface area (Å²) in [5.74, 6) is -0.253. The van der Waals surface area contributed by atoms with Gasteiger partial charge in [0.05, 0.1) is 37.3 Å². The number of anilines is 1. The Morgan fingerprint density at radius 1 is 1.13 bits per heavy atom. The molecule has 17 heteroatoms. The van der Waals surface area contributed by atoms with Gasteiger partial charge >= 0.3 is 6.09 Å². The number of aromatic nitrogens is 2. The van der Waals surface area contributed by atoms with Crippen LogP contribution in [0.4, 0.5) is 9.93 Å². The third kappa shape index (κ3) is 9.20. The van der Waals surface area contributed by atoms with Gasteiger partial charge in [-0.05, 0) is 75.6 Å². The Morgan fingerprint density at radius 3 is 2.55 bits per heavy atom. The molecule has 2 saturated carbocycles. The molecule has 3 fully saturated rings. The number of nitrogens with zero attached hydrogens (tertiary/aromatic N) is 3. The number of thiazole rings is 1. The first-order valence-electron chi connectivity index (χ1n) is 20.4. The van der Waals surface area contributed by atoms with Crippen LogP contribution in [0.3, 0.4) is 0 Å². The number of fused-ring (bicyclic) bond motifs is 1. The molecule has 1 aromatic carbocycles. The molecule has 15 nitrogen and oxygen atoms in total. The largest absolute Gasteiger partial charge is 0.497 e. The molecule has 0 radical (unpaired) electrons. The van der Waals surface area contributed by atoms with Crippen LogP contribution in [0.15, 0.2) is 65.1 Å². The third-order valence-electron chi connectivity index (χ3n) is 11.4. The highest BCUT2D eigenvalue weighted by Crippen LogP contribution is 2.70. The van der Waals surface area contributed by atoms with Crippen LogP contribution in [0, 0.1) is 11.3 Å². The molecular weight excluding hydrogens is 808 g/mol. The maximum absolute atomic E-state index is 14.8. The maximum Gasteiger partial charge on any atom is 0.408 e. The Hall–Kier alpha value is -4.92. The van der Waals surface area contributed by atoms with Crippen molar-refractivity contribution in [3.63, 3.8) is 0 Å². The first-order chi connectivity index (χ1) is 28.5. The Balaban J connectivity index is 1.22. The summed E-state index contributed by atoms with van der Waals surface area (Å²) in [6, 6.07) is 8.45. The second kappa shape index (κ2) is 17.2. The number of amides is 3. The van der Waals surface area contributed by atoms with Gasteiger partial charge in [-0.1, -0.05) is 26.8 Å². The number of likely N-dealkylation sites (tertiary alicyclic amines) is 1. The second-order valence-electron chi connectivity index (χ2n) is 17.4. The minimum atomic E-state index is -4.14. The van der Waals surface area contributed by atoms with Gasteiger partial charge in [0.15, 0.2) is 5.13 Å². The van der Waals surface area contributed by atoms with Gasteiger partial charge in [-0.15, -0.1) is 17.9 Å². The van der Waals surface area contributed by atoms with Gasteiger partial charge in [0.1, 0.15) is 52.5 Å². The average Bonchev–Trinajstić information content (AvgIpc) is 3.81. The van der Waals surface area contributed by atoms with Gasteiger partial charge in [-0.25, -0.2) is 14.8 Å². The fraction of sp³-hybridized carbons (Fsp3) is 0.512. The van der Waals surface area contributed by atoms with Crippen LogP contribution in [0.2, 0.25) is 0 Å². The van der Waals surface area contributed by atoms with Crippen LogP contribution in [0.1, 0.15) is 78.9 Å². The number of nitrogens with one attached hydrogen (secondary N) is 3. The van der Waals surface area contributed by atoms with Crippen molar-refractivity contribution in [1.82, 2.24) is 25.5 Å². The summed E-state index contributed by atoms with van der Waals surface area (Å²) in [6.45, 7) is 13.4. The highest BCUT2D eigenvalue weighted by Gasteiger charge is 2.66. The van der Waals surface area contributed by atoms with Gasteiger partial charge in [-0.2, -0.15) is 0 Å². The molecule has 3 aromatic heterocycles. The van der Waals surface area contributed by atoms with E-state index in [1.165, 1.54) is 22.5 Å². The van der Waals surface area contributed by atoms with Gasteiger partial charge in [0.2, 0.25) is 19.2 Å². The number of rotatable bonds is 15. The zero-order chi connectivity index (χ0) is 43.0. The van der Waals surface area contributed by atoms with E-state index in [0.29, 0.717) is 39.6 Å². The Kier molecular flexibility index (Phi) is 12.4. The Morgan fingerprint density at radius 2 is 1.90 bits per heavy atom. The van der Waals surface area contributed by atoms with E-state index < -0.39 is 60.1 Å². The lowest BCUT2D eigenvalue weighted by Gasteiger charge is -2.35. The van der Waals surface area contributed by atoms with Crippen molar-refractivity contribution in [2.24, 2.45) is 11.3 Å². The van der Waals surface area contributed by atoms with Gasteiger partial charge in [0.25, 0.3) is 0 Å². The molecule has 2 aliphatic carbocycles. The lowest BCUT2D eigenvalue weighted by molar-refractivity contribution is -0.142. The molecular formula is C43H55N6O9PS. The fourth-order valence-electron chi connectivity index (χ4n) is 8.15. The van der Waals surface area contributed by atoms with Crippen molar-refractivity contribution >= 4 is 52.6 Å². The Labute approximate surface area is 354 Å². The molecule has 0 spiro atoms. The van der Waals surface area contributed by atoms with Crippen molar-refractivity contribution in [3.8, 4) is 22.9 Å². The number of furan rings is 1. The first-order valence-corrected chi connectivity index (χ1v) is 23.2. The van der Waals surface area contributed by atoms with Crippen LogP contribution in [0.25, 0.3) is 22.3 Å². The highest BCUT2D eigenvalue weighted by molar-refractivity contribution is 7.59. The molecule has 322 valence electrons. The molecule has 2 unspecified atom stereocenters. The average molecular weight is 863 g/mol. The smallest absolute Gasteiger partial charge is 0.408 e. The third-order valence-corrected chi connectivity index (χ3v) is 14.8. The van der Waals surface area contributed by atoms with E-state index in [1.54, 1.807) is 43.5 Å². The number of benzene rings is 1. The lowest BCUT2D eigenvalue weighted by atomic mass is 9.85. The molecule has 60 heavy (non-hydrogen) atoms. The molecule has 0 bridgehead atoms. The van der Waals surface area contributed by atoms with Crippen LogP contribution < -0.4 is 25.4 Å². The van der Waals surface area contributed by atoms with Crippen molar-refractivity contribution in [3.05, 3.63) is 66.5 Å². The summed E-state index contributed by atoms with van der Waals surface area (Å²) in [6.07, 6.45) is 4.72. The normalized spacial score (nSPS) is 23.2. The number of carbonyl (C=O) groups is 3. The van der Waals surface area contributed by atoms with E-state index in [1.807, 2.05) is 46.1 Å². The van der Waals surface area contributed by atoms with Crippen LogP contribution in [-0.4, -0.2) is 86.9 Å². The van der Waals surface area contributed by atoms with Crippen molar-refractivity contribution in [1.29, 1.82) is 0 Å². The summed E-state index contributed by atoms with van der Waals surface area (Å²) < 4.78 is 37.5. The minimum absolute atomic E-state index is 0.0294. The Bertz CT molecular complexity index is 2270. The number of carbonyl (C=O) groups excluding carboxylic acids is 3. The quantitative estimate of drug-likeness (QED) is 0.0673. The number of hydrogen-bond acceptors (Lipinski definition) is 12. The van der Waals surface area contributed by atoms with Gasteiger partial charge < -0.3 is 44.4 Å². The highest BCUT2D eigenvalue weighted by atomic mass is 32.1. The maximum atomic E-state index is 14.8. The van der Waals surface area contributed by atoms with Crippen molar-refractivity contribution in [2.75, 3.05) is 19.0 Å². The molecule has 1 saturated heterocycles. The second-order valence-corrected chi connectivity index (χ2v) is 20.7. The molecule has 3 amide bonds. The summed E-state index contributed by atoms with van der Waals surface area (Å²) in [5.41, 5.74) is 0.981. The van der Waals surface area contributed by atoms with E-state index in [-0.39, 0.29) is 37.7 Å². The summed E-state index contributed by atoms with van der Waals surface area (Å²) >= 11 is 1.46. The molecule has 3 aliphatic rings. The number of alkyl carbamates (subject to hydrolysis) is 1. The number of pyridine rings is 1. The van der Waals surface area contributed by atoms with E-state index in [2.05, 4.69) is 22.5 Å².